The fraction of sp³-hybridized carbons (Fsp3) is 0.320. The van der Waals surface area contributed by atoms with Gasteiger partial charge in [-0.2, -0.15) is 0 Å². The molecular weight excluding hydrogens is 450 g/mol. The molecule has 0 saturated heterocycles. The molecule has 0 unspecified atom stereocenters. The lowest BCUT2D eigenvalue weighted by atomic mass is 9.95. The van der Waals surface area contributed by atoms with Gasteiger partial charge in [0.25, 0.3) is 5.91 Å². The van der Waals surface area contributed by atoms with E-state index in [0.29, 0.717) is 12.2 Å². The topological polar surface area (TPSA) is 92.0 Å². The van der Waals surface area contributed by atoms with E-state index in [9.17, 15) is 4.79 Å². The molecule has 0 radical (unpaired) electrons. The van der Waals surface area contributed by atoms with Crippen LogP contribution in [0.1, 0.15) is 39.5 Å². The quantitative estimate of drug-likeness (QED) is 0.295. The van der Waals surface area contributed by atoms with E-state index in [1.54, 1.807) is 28.9 Å². The fourth-order valence-corrected chi connectivity index (χ4v) is 5.33. The second-order valence-corrected chi connectivity index (χ2v) is 9.78. The number of thiazole rings is 1. The Bertz CT molecular complexity index is 1340. The summed E-state index contributed by atoms with van der Waals surface area (Å²) >= 11 is 1.66. The van der Waals surface area contributed by atoms with Gasteiger partial charge in [0.05, 0.1) is 11.4 Å². The summed E-state index contributed by atoms with van der Waals surface area (Å²) in [5, 5.41) is 12.0. The average Bonchev–Trinajstić information content (AvgIpc) is 3.37. The highest BCUT2D eigenvalue weighted by Crippen LogP contribution is 2.54. The number of imidazole rings is 1. The van der Waals surface area contributed by atoms with E-state index >= 15 is 0 Å². The van der Waals surface area contributed by atoms with Crippen LogP contribution in [0.3, 0.4) is 0 Å². The van der Waals surface area contributed by atoms with Crippen LogP contribution in [-0.4, -0.2) is 57.6 Å². The number of hydrogen-bond acceptors (Lipinski definition) is 7. The van der Waals surface area contributed by atoms with Crippen molar-refractivity contribution in [2.24, 2.45) is 0 Å². The Morgan fingerprint density at radius 3 is 2.68 bits per heavy atom. The van der Waals surface area contributed by atoms with Crippen molar-refractivity contribution in [3.63, 3.8) is 0 Å². The van der Waals surface area contributed by atoms with Crippen LogP contribution in [0, 0.1) is 6.92 Å². The van der Waals surface area contributed by atoms with Crippen LogP contribution in [-0.2, 0) is 5.41 Å². The van der Waals surface area contributed by atoms with Crippen LogP contribution >= 0.6 is 11.3 Å². The number of fused-ring (bicyclic) bond motifs is 1. The van der Waals surface area contributed by atoms with Crippen LogP contribution in [0.25, 0.3) is 17.0 Å². The Labute approximate surface area is 201 Å². The third kappa shape index (κ3) is 4.06. The van der Waals surface area contributed by atoms with Gasteiger partial charge in [-0.05, 0) is 57.6 Å². The molecule has 9 heteroatoms. The second-order valence-electron chi connectivity index (χ2n) is 8.93. The Balaban J connectivity index is 1.41. The second kappa shape index (κ2) is 8.83. The molecule has 0 spiro atoms. The number of likely N-dealkylation sites (N-methyl/N-ethyl adjacent to an activating group) is 1. The van der Waals surface area contributed by atoms with Crippen LogP contribution in [0.15, 0.2) is 48.0 Å². The molecule has 1 aliphatic rings. The summed E-state index contributed by atoms with van der Waals surface area (Å²) in [4.78, 5) is 23.5. The third-order valence-electron chi connectivity index (χ3n) is 6.29. The van der Waals surface area contributed by atoms with Crippen molar-refractivity contribution in [2.75, 3.05) is 27.2 Å². The van der Waals surface area contributed by atoms with Gasteiger partial charge in [-0.25, -0.2) is 15.4 Å². The standard InChI is InChI=1S/C25H27N5O3S/c1-16-22(30-11-8-19(14-21(30)26-16)33-13-12-29(2)3)20-15-34-24(27-20)25(9-10-25)18-6-4-17(5-7-18)23(31)28-32/h4-8,11,14-15,32H,9-10,12-13H2,1-3H3,(H,28,31). The number of rotatable bonds is 8. The van der Waals surface area contributed by atoms with Crippen LogP contribution in [0.2, 0.25) is 0 Å². The summed E-state index contributed by atoms with van der Waals surface area (Å²) in [7, 11) is 4.05. The molecule has 0 bridgehead atoms. The predicted octanol–water partition coefficient (Wildman–Crippen LogP) is 3.91. The summed E-state index contributed by atoms with van der Waals surface area (Å²) in [6, 6.07) is 11.3. The number of amides is 1. The molecule has 1 aromatic carbocycles. The Morgan fingerprint density at radius 2 is 2.00 bits per heavy atom. The molecular formula is C25H27N5O3S. The molecule has 1 amide bonds. The molecule has 0 atom stereocenters. The number of nitrogens with zero attached hydrogens (tertiary/aromatic N) is 4. The SMILES string of the molecule is Cc1nc2cc(OCCN(C)C)ccn2c1-c1csc(C2(c3ccc(C(=O)NO)cc3)CC2)n1. The molecule has 0 aliphatic heterocycles. The summed E-state index contributed by atoms with van der Waals surface area (Å²) in [6.45, 7) is 3.48. The zero-order chi connectivity index (χ0) is 23.9. The van der Waals surface area contributed by atoms with E-state index in [-0.39, 0.29) is 5.41 Å². The molecule has 3 heterocycles. The fourth-order valence-electron chi connectivity index (χ4n) is 4.25. The predicted molar refractivity (Wildman–Crippen MR) is 131 cm³/mol. The average molecular weight is 478 g/mol. The number of carbonyl (C=O) groups excluding carboxylic acids is 1. The smallest absolute Gasteiger partial charge is 0.274 e. The van der Waals surface area contributed by atoms with E-state index in [2.05, 4.69) is 14.7 Å². The zero-order valence-electron chi connectivity index (χ0n) is 19.4. The van der Waals surface area contributed by atoms with E-state index in [0.717, 1.165) is 58.4 Å². The first-order chi connectivity index (χ1) is 16.4. The molecule has 34 heavy (non-hydrogen) atoms. The summed E-state index contributed by atoms with van der Waals surface area (Å²) in [6.07, 6.45) is 4.03. The molecule has 1 aliphatic carbocycles. The number of ether oxygens (including phenoxy) is 1. The molecule has 1 fully saturated rings. The molecule has 8 nitrogen and oxygen atoms in total. The first-order valence-electron chi connectivity index (χ1n) is 11.2. The van der Waals surface area contributed by atoms with Crippen molar-refractivity contribution in [2.45, 2.75) is 25.2 Å². The lowest BCUT2D eigenvalue weighted by molar-refractivity contribution is 0.0706. The molecule has 1 saturated carbocycles. The minimum Gasteiger partial charge on any atom is -0.492 e. The first-order valence-corrected chi connectivity index (χ1v) is 12.1. The monoisotopic (exact) mass is 477 g/mol. The van der Waals surface area contributed by atoms with Crippen molar-refractivity contribution in [3.05, 3.63) is 69.8 Å². The lowest BCUT2D eigenvalue weighted by Gasteiger charge is -2.13. The maximum absolute atomic E-state index is 11.6. The van der Waals surface area contributed by atoms with Crippen molar-refractivity contribution in [1.82, 2.24) is 24.7 Å². The minimum absolute atomic E-state index is 0.112. The molecule has 5 rings (SSSR count). The highest BCUT2D eigenvalue weighted by atomic mass is 32.1. The number of pyridine rings is 1. The van der Waals surface area contributed by atoms with Crippen LogP contribution in [0.5, 0.6) is 5.75 Å². The van der Waals surface area contributed by atoms with E-state index < -0.39 is 5.91 Å². The summed E-state index contributed by atoms with van der Waals surface area (Å²) in [5.74, 6) is 0.294. The Kier molecular flexibility index (Phi) is 5.85. The Hall–Kier alpha value is -3.27. The Morgan fingerprint density at radius 1 is 1.24 bits per heavy atom. The number of carbonyl (C=O) groups is 1. The van der Waals surface area contributed by atoms with E-state index in [1.807, 2.05) is 51.5 Å². The molecule has 2 N–H and O–H groups in total. The maximum Gasteiger partial charge on any atom is 0.274 e. The van der Waals surface area contributed by atoms with Crippen molar-refractivity contribution < 1.29 is 14.7 Å². The highest BCUT2D eigenvalue weighted by molar-refractivity contribution is 7.10. The third-order valence-corrected chi connectivity index (χ3v) is 7.33. The van der Waals surface area contributed by atoms with Gasteiger partial charge in [0.15, 0.2) is 0 Å². The van der Waals surface area contributed by atoms with Crippen molar-refractivity contribution in [1.29, 1.82) is 0 Å². The number of benzene rings is 1. The largest absolute Gasteiger partial charge is 0.492 e. The van der Waals surface area contributed by atoms with Gasteiger partial charge >= 0.3 is 0 Å². The van der Waals surface area contributed by atoms with E-state index in [4.69, 9.17) is 19.9 Å². The van der Waals surface area contributed by atoms with Gasteiger partial charge in [-0.1, -0.05) is 12.1 Å². The van der Waals surface area contributed by atoms with Gasteiger partial charge in [-0.15, -0.1) is 11.3 Å². The molecule has 4 aromatic rings. The zero-order valence-corrected chi connectivity index (χ0v) is 20.2. The number of hydrogen-bond donors (Lipinski definition) is 2. The molecule has 3 aromatic heterocycles. The normalized spacial score (nSPS) is 14.5. The number of nitrogens with one attached hydrogen (secondary N) is 1. The lowest BCUT2D eigenvalue weighted by Crippen LogP contribution is -2.19. The highest BCUT2D eigenvalue weighted by Gasteiger charge is 2.48. The van der Waals surface area contributed by atoms with Gasteiger partial charge in [0.2, 0.25) is 0 Å². The van der Waals surface area contributed by atoms with E-state index in [1.165, 1.54) is 0 Å². The molecule has 176 valence electrons. The number of aromatic nitrogens is 3. The van der Waals surface area contributed by atoms with Crippen LogP contribution in [0.4, 0.5) is 0 Å². The summed E-state index contributed by atoms with van der Waals surface area (Å²) in [5.41, 5.74) is 6.78. The van der Waals surface area contributed by atoms with Crippen molar-refractivity contribution >= 4 is 22.9 Å². The van der Waals surface area contributed by atoms with Gasteiger partial charge < -0.3 is 9.64 Å². The first kappa shape index (κ1) is 22.5. The number of aryl methyl sites for hydroxylation is 1. The number of hydroxylamine groups is 1. The van der Waals surface area contributed by atoms with Crippen LogP contribution < -0.4 is 10.2 Å². The van der Waals surface area contributed by atoms with Crippen molar-refractivity contribution in [3.8, 4) is 17.1 Å². The maximum atomic E-state index is 11.6. The minimum atomic E-state index is -0.512. The van der Waals surface area contributed by atoms with Gasteiger partial charge in [0.1, 0.15) is 28.7 Å². The van der Waals surface area contributed by atoms with Gasteiger partial charge in [0, 0.05) is 35.2 Å². The van der Waals surface area contributed by atoms with Gasteiger partial charge in [-0.3, -0.25) is 14.4 Å². The summed E-state index contributed by atoms with van der Waals surface area (Å²) < 4.78 is 7.93.